The van der Waals surface area contributed by atoms with Crippen LogP contribution in [-0.4, -0.2) is 0 Å². The van der Waals surface area contributed by atoms with Crippen molar-refractivity contribution in [3.8, 4) is 6.07 Å². The molecule has 0 unspecified atom stereocenters. The van der Waals surface area contributed by atoms with E-state index in [1.165, 1.54) is 0 Å². The maximum Gasteiger partial charge on any atom is 0.0968 e. The highest BCUT2D eigenvalue weighted by molar-refractivity contribution is 14.1. The van der Waals surface area contributed by atoms with Gasteiger partial charge in [-0.1, -0.05) is 19.1 Å². The van der Waals surface area contributed by atoms with Crippen LogP contribution in [0.3, 0.4) is 0 Å². The average molecular weight is 298 g/mol. The zero-order valence-corrected chi connectivity index (χ0v) is 10.1. The summed E-state index contributed by atoms with van der Waals surface area (Å²) in [4.78, 5) is 0. The molecule has 3 heteroatoms. The maximum atomic E-state index is 8.82. The van der Waals surface area contributed by atoms with Crippen LogP contribution in [0, 0.1) is 14.9 Å². The number of allylic oxidation sites excluding steroid dienone is 1. The fraction of sp³-hybridized carbons (Fsp3) is 0.182. The highest BCUT2D eigenvalue weighted by Crippen LogP contribution is 2.16. The van der Waals surface area contributed by atoms with Crippen molar-refractivity contribution in [2.75, 3.05) is 0 Å². The van der Waals surface area contributed by atoms with Crippen molar-refractivity contribution < 1.29 is 0 Å². The summed E-state index contributed by atoms with van der Waals surface area (Å²) in [6, 6.07) is 9.95. The maximum absolute atomic E-state index is 8.82. The molecule has 1 aromatic rings. The molecule has 0 atom stereocenters. The molecule has 0 aliphatic heterocycles. The SMILES string of the molecule is CC/C(C#N)=C(/N)c1ccc(I)cc1. The van der Waals surface area contributed by atoms with Gasteiger partial charge in [-0.3, -0.25) is 0 Å². The second-order valence-corrected chi connectivity index (χ2v) is 4.11. The number of nitrogens with zero attached hydrogens (tertiary/aromatic N) is 1. The number of halogens is 1. The first kappa shape index (κ1) is 11.1. The molecule has 0 bridgehead atoms. The van der Waals surface area contributed by atoms with Gasteiger partial charge in [-0.2, -0.15) is 5.26 Å². The van der Waals surface area contributed by atoms with Crippen molar-refractivity contribution in [2.24, 2.45) is 5.73 Å². The van der Waals surface area contributed by atoms with Crippen LogP contribution in [0.4, 0.5) is 0 Å². The molecule has 2 N–H and O–H groups in total. The lowest BCUT2D eigenvalue weighted by Gasteiger charge is -2.03. The van der Waals surface area contributed by atoms with E-state index in [-0.39, 0.29) is 0 Å². The molecule has 0 amide bonds. The Morgan fingerprint density at radius 1 is 1.43 bits per heavy atom. The van der Waals surface area contributed by atoms with Crippen molar-refractivity contribution in [1.82, 2.24) is 0 Å². The lowest BCUT2D eigenvalue weighted by Crippen LogP contribution is -2.00. The van der Waals surface area contributed by atoms with E-state index in [2.05, 4.69) is 28.7 Å². The summed E-state index contributed by atoms with van der Waals surface area (Å²) < 4.78 is 1.16. The largest absolute Gasteiger partial charge is 0.397 e. The lowest BCUT2D eigenvalue weighted by molar-refractivity contribution is 1.14. The Hall–Kier alpha value is -1.02. The highest BCUT2D eigenvalue weighted by atomic mass is 127. The van der Waals surface area contributed by atoms with E-state index in [4.69, 9.17) is 11.0 Å². The molecule has 0 radical (unpaired) electrons. The highest BCUT2D eigenvalue weighted by Gasteiger charge is 2.02. The minimum atomic E-state index is 0.589. The third kappa shape index (κ3) is 2.48. The van der Waals surface area contributed by atoms with Gasteiger partial charge in [0.05, 0.1) is 17.3 Å². The Morgan fingerprint density at radius 2 is 2.00 bits per heavy atom. The Labute approximate surface area is 97.6 Å². The first-order chi connectivity index (χ1) is 6.69. The normalized spacial score (nSPS) is 11.8. The van der Waals surface area contributed by atoms with Crippen LogP contribution in [0.2, 0.25) is 0 Å². The number of hydrogen-bond donors (Lipinski definition) is 1. The Balaban J connectivity index is 3.12. The minimum absolute atomic E-state index is 0.589. The third-order valence-corrected chi connectivity index (χ3v) is 2.69. The smallest absolute Gasteiger partial charge is 0.0968 e. The van der Waals surface area contributed by atoms with Crippen LogP contribution in [0.1, 0.15) is 18.9 Å². The predicted molar refractivity (Wildman–Crippen MR) is 66.2 cm³/mol. The third-order valence-electron chi connectivity index (χ3n) is 1.97. The topological polar surface area (TPSA) is 49.8 Å². The van der Waals surface area contributed by atoms with Gasteiger partial charge in [0.25, 0.3) is 0 Å². The second-order valence-electron chi connectivity index (χ2n) is 2.86. The monoisotopic (exact) mass is 298 g/mol. The molecule has 1 rings (SSSR count). The first-order valence-electron chi connectivity index (χ1n) is 4.33. The van der Waals surface area contributed by atoms with Crippen LogP contribution in [0.25, 0.3) is 5.70 Å². The fourth-order valence-corrected chi connectivity index (χ4v) is 1.49. The quantitative estimate of drug-likeness (QED) is 0.674. The summed E-state index contributed by atoms with van der Waals surface area (Å²) in [6.07, 6.45) is 0.675. The lowest BCUT2D eigenvalue weighted by atomic mass is 10.1. The Morgan fingerprint density at radius 3 is 2.43 bits per heavy atom. The van der Waals surface area contributed by atoms with Crippen molar-refractivity contribution in [3.63, 3.8) is 0 Å². The molecule has 0 saturated carbocycles. The Kier molecular flexibility index (Phi) is 3.96. The van der Waals surface area contributed by atoms with Crippen LogP contribution >= 0.6 is 22.6 Å². The molecular formula is C11H11IN2. The predicted octanol–water partition coefficient (Wildman–Crippen LogP) is 2.89. The molecule has 0 aliphatic carbocycles. The van der Waals surface area contributed by atoms with Crippen molar-refractivity contribution in [3.05, 3.63) is 39.0 Å². The van der Waals surface area contributed by atoms with E-state index in [9.17, 15) is 0 Å². The summed E-state index contributed by atoms with van der Waals surface area (Å²) in [6.45, 7) is 1.93. The van der Waals surface area contributed by atoms with Crippen molar-refractivity contribution in [1.29, 1.82) is 5.26 Å². The zero-order valence-electron chi connectivity index (χ0n) is 7.92. The van der Waals surface area contributed by atoms with Gasteiger partial charge in [0, 0.05) is 3.57 Å². The summed E-state index contributed by atoms with van der Waals surface area (Å²) in [7, 11) is 0. The van der Waals surface area contributed by atoms with Crippen molar-refractivity contribution in [2.45, 2.75) is 13.3 Å². The molecule has 72 valence electrons. The summed E-state index contributed by atoms with van der Waals surface area (Å²) in [5, 5.41) is 8.82. The van der Waals surface area contributed by atoms with E-state index >= 15 is 0 Å². The van der Waals surface area contributed by atoms with Gasteiger partial charge < -0.3 is 5.73 Å². The van der Waals surface area contributed by atoms with Gasteiger partial charge in [-0.15, -0.1) is 0 Å². The first-order valence-corrected chi connectivity index (χ1v) is 5.41. The molecule has 1 aromatic carbocycles. The van der Waals surface area contributed by atoms with Crippen LogP contribution < -0.4 is 5.73 Å². The molecule has 0 aromatic heterocycles. The number of benzene rings is 1. The molecule has 0 spiro atoms. The molecule has 2 nitrogen and oxygen atoms in total. The fourth-order valence-electron chi connectivity index (χ4n) is 1.13. The van der Waals surface area contributed by atoms with Gasteiger partial charge in [-0.25, -0.2) is 0 Å². The van der Waals surface area contributed by atoms with Crippen molar-refractivity contribution >= 4 is 28.3 Å². The number of nitriles is 1. The molecule has 14 heavy (non-hydrogen) atoms. The summed E-state index contributed by atoms with van der Waals surface area (Å²) in [5.74, 6) is 0. The van der Waals surface area contributed by atoms with Crippen LogP contribution in [0.15, 0.2) is 29.8 Å². The van der Waals surface area contributed by atoms with E-state index < -0.39 is 0 Å². The van der Waals surface area contributed by atoms with E-state index in [1.807, 2.05) is 31.2 Å². The molecule has 0 fully saturated rings. The van der Waals surface area contributed by atoms with Crippen LogP contribution in [-0.2, 0) is 0 Å². The molecule has 0 heterocycles. The summed E-state index contributed by atoms with van der Waals surface area (Å²) in [5.41, 5.74) is 8.02. The number of nitrogens with two attached hydrogens (primary N) is 1. The average Bonchev–Trinajstić information content (AvgIpc) is 2.20. The Bertz CT molecular complexity index is 385. The number of rotatable bonds is 2. The standard InChI is InChI=1S/C11H11IN2/c1-2-8(7-13)11(14)9-3-5-10(12)6-4-9/h3-6H,2,14H2,1H3/b11-8-. The van der Waals surface area contributed by atoms with Gasteiger partial charge in [0.1, 0.15) is 0 Å². The van der Waals surface area contributed by atoms with Gasteiger partial charge in [0.15, 0.2) is 0 Å². The second kappa shape index (κ2) is 5.01. The minimum Gasteiger partial charge on any atom is -0.397 e. The molecule has 0 saturated heterocycles. The van der Waals surface area contributed by atoms with E-state index in [1.54, 1.807) is 0 Å². The zero-order chi connectivity index (χ0) is 10.6. The van der Waals surface area contributed by atoms with E-state index in [0.29, 0.717) is 17.7 Å². The van der Waals surface area contributed by atoms with Crippen LogP contribution in [0.5, 0.6) is 0 Å². The van der Waals surface area contributed by atoms with Gasteiger partial charge in [0.2, 0.25) is 0 Å². The summed E-state index contributed by atoms with van der Waals surface area (Å²) >= 11 is 2.23. The number of hydrogen-bond acceptors (Lipinski definition) is 2. The van der Waals surface area contributed by atoms with Gasteiger partial charge >= 0.3 is 0 Å². The molecular weight excluding hydrogens is 287 g/mol. The van der Waals surface area contributed by atoms with E-state index in [0.717, 1.165) is 9.13 Å². The van der Waals surface area contributed by atoms with Gasteiger partial charge in [-0.05, 0) is 46.7 Å². The molecule has 0 aliphatic rings.